The standard InChI is InChI=1S/C21H16ClN3O/c22-21-24-19(13-7-2-1-3-8-13)23-20(25-21)16-11-6-10-15-14-9-4-5-12-17(14)26-18(15)16/h1-7,9-13,16,18H,8H2. The summed E-state index contributed by atoms with van der Waals surface area (Å²) in [6.07, 6.45) is 15.2. The molecule has 0 radical (unpaired) electrons. The number of hydrogen-bond acceptors (Lipinski definition) is 4. The lowest BCUT2D eigenvalue weighted by Gasteiger charge is -2.23. The zero-order chi connectivity index (χ0) is 17.5. The number of para-hydroxylation sites is 1. The summed E-state index contributed by atoms with van der Waals surface area (Å²) in [5.41, 5.74) is 2.29. The molecule has 0 N–H and O–H groups in total. The Bertz CT molecular complexity index is 993. The van der Waals surface area contributed by atoms with Crippen LogP contribution in [-0.2, 0) is 0 Å². The lowest BCUT2D eigenvalue weighted by atomic mass is 9.88. The van der Waals surface area contributed by atoms with Crippen LogP contribution < -0.4 is 4.74 Å². The Kier molecular flexibility index (Phi) is 3.71. The van der Waals surface area contributed by atoms with Crippen molar-refractivity contribution >= 4 is 17.2 Å². The van der Waals surface area contributed by atoms with Crippen LogP contribution in [0, 0.1) is 0 Å². The average molecular weight is 362 g/mol. The summed E-state index contributed by atoms with van der Waals surface area (Å²) in [5.74, 6) is 2.30. The maximum absolute atomic E-state index is 6.24. The van der Waals surface area contributed by atoms with Gasteiger partial charge in [0, 0.05) is 17.1 Å². The number of aromatic nitrogens is 3. The molecule has 0 spiro atoms. The van der Waals surface area contributed by atoms with Gasteiger partial charge in [0.05, 0.1) is 5.92 Å². The Balaban J connectivity index is 1.52. The highest BCUT2D eigenvalue weighted by Crippen LogP contribution is 2.44. The van der Waals surface area contributed by atoms with E-state index in [1.807, 2.05) is 36.4 Å². The van der Waals surface area contributed by atoms with E-state index in [2.05, 4.69) is 40.3 Å². The monoisotopic (exact) mass is 361 g/mol. The van der Waals surface area contributed by atoms with Crippen molar-refractivity contribution < 1.29 is 4.74 Å². The molecule has 3 unspecified atom stereocenters. The lowest BCUT2D eigenvalue weighted by molar-refractivity contribution is 0.254. The molecule has 4 nitrogen and oxygen atoms in total. The summed E-state index contributed by atoms with van der Waals surface area (Å²) in [6.45, 7) is 0. The smallest absolute Gasteiger partial charge is 0.225 e. The minimum atomic E-state index is -0.134. The van der Waals surface area contributed by atoms with E-state index >= 15 is 0 Å². The van der Waals surface area contributed by atoms with Gasteiger partial charge in [0.15, 0.2) is 0 Å². The third kappa shape index (κ3) is 2.58. The number of allylic oxidation sites excluding steroid dienone is 6. The van der Waals surface area contributed by atoms with Gasteiger partial charge in [-0.25, -0.2) is 15.0 Å². The van der Waals surface area contributed by atoms with Crippen LogP contribution in [0.5, 0.6) is 5.75 Å². The molecular weight excluding hydrogens is 346 g/mol. The number of benzene rings is 1. The predicted octanol–water partition coefficient (Wildman–Crippen LogP) is 4.62. The third-order valence-electron chi connectivity index (χ3n) is 4.93. The largest absolute Gasteiger partial charge is 0.484 e. The molecule has 0 fully saturated rings. The first kappa shape index (κ1) is 15.5. The molecule has 5 heteroatoms. The molecular formula is C21H16ClN3O. The van der Waals surface area contributed by atoms with E-state index in [4.69, 9.17) is 21.3 Å². The van der Waals surface area contributed by atoms with Gasteiger partial charge in [-0.2, -0.15) is 0 Å². The van der Waals surface area contributed by atoms with Crippen LogP contribution in [0.3, 0.4) is 0 Å². The van der Waals surface area contributed by atoms with Crippen molar-refractivity contribution in [1.82, 2.24) is 15.0 Å². The summed E-state index contributed by atoms with van der Waals surface area (Å²) in [7, 11) is 0. The van der Waals surface area contributed by atoms with Crippen molar-refractivity contribution in [3.8, 4) is 5.75 Å². The van der Waals surface area contributed by atoms with Crippen LogP contribution in [0.15, 0.2) is 66.8 Å². The molecule has 2 aromatic rings. The fraction of sp³-hybridized carbons (Fsp3) is 0.190. The second-order valence-corrected chi connectivity index (χ2v) is 6.88. The molecule has 26 heavy (non-hydrogen) atoms. The number of ether oxygens (including phenoxy) is 1. The van der Waals surface area contributed by atoms with E-state index in [1.54, 1.807) is 0 Å². The van der Waals surface area contributed by atoms with Gasteiger partial charge >= 0.3 is 0 Å². The van der Waals surface area contributed by atoms with E-state index in [-0.39, 0.29) is 23.2 Å². The first-order valence-corrected chi connectivity index (χ1v) is 9.06. The minimum Gasteiger partial charge on any atom is -0.484 e. The zero-order valence-electron chi connectivity index (χ0n) is 13.9. The Morgan fingerprint density at radius 2 is 1.85 bits per heavy atom. The number of fused-ring (bicyclic) bond motifs is 3. The fourth-order valence-electron chi connectivity index (χ4n) is 3.68. The van der Waals surface area contributed by atoms with Crippen LogP contribution in [0.25, 0.3) is 5.57 Å². The first-order chi connectivity index (χ1) is 12.8. The van der Waals surface area contributed by atoms with Crippen LogP contribution >= 0.6 is 11.6 Å². The van der Waals surface area contributed by atoms with E-state index in [1.165, 1.54) is 0 Å². The molecule has 1 aliphatic heterocycles. The second-order valence-electron chi connectivity index (χ2n) is 6.54. The summed E-state index contributed by atoms with van der Waals surface area (Å²) in [5, 5.41) is 0.230. The van der Waals surface area contributed by atoms with E-state index in [9.17, 15) is 0 Å². The van der Waals surface area contributed by atoms with Crippen LogP contribution in [0.1, 0.15) is 35.5 Å². The Morgan fingerprint density at radius 3 is 2.73 bits per heavy atom. The van der Waals surface area contributed by atoms with Gasteiger partial charge in [0.25, 0.3) is 0 Å². The van der Waals surface area contributed by atoms with Gasteiger partial charge in [-0.1, -0.05) is 60.7 Å². The molecule has 2 heterocycles. The summed E-state index contributed by atoms with van der Waals surface area (Å²) < 4.78 is 6.21. The Hall–Kier alpha value is -2.72. The quantitative estimate of drug-likeness (QED) is 0.782. The summed E-state index contributed by atoms with van der Waals surface area (Å²) in [4.78, 5) is 13.5. The second kappa shape index (κ2) is 6.22. The molecule has 1 aromatic carbocycles. The first-order valence-electron chi connectivity index (χ1n) is 8.69. The summed E-state index contributed by atoms with van der Waals surface area (Å²) in [6, 6.07) is 8.10. The highest BCUT2D eigenvalue weighted by molar-refractivity contribution is 6.28. The average Bonchev–Trinajstić information content (AvgIpc) is 3.07. The van der Waals surface area contributed by atoms with Gasteiger partial charge in [-0.05, 0) is 24.1 Å². The van der Waals surface area contributed by atoms with Crippen molar-refractivity contribution in [3.63, 3.8) is 0 Å². The van der Waals surface area contributed by atoms with Crippen LogP contribution in [0.4, 0.5) is 0 Å². The molecule has 0 amide bonds. The van der Waals surface area contributed by atoms with Gasteiger partial charge in [0.2, 0.25) is 5.28 Å². The highest BCUT2D eigenvalue weighted by Gasteiger charge is 2.37. The molecule has 0 saturated heterocycles. The van der Waals surface area contributed by atoms with Crippen LogP contribution in [-0.4, -0.2) is 21.1 Å². The van der Waals surface area contributed by atoms with E-state index < -0.39 is 0 Å². The number of nitrogens with zero attached hydrogens (tertiary/aromatic N) is 3. The molecule has 2 aliphatic carbocycles. The number of hydrogen-bond donors (Lipinski definition) is 0. The molecule has 3 atom stereocenters. The normalized spacial score (nSPS) is 25.4. The SMILES string of the molecule is Clc1nc(C2C=CC=CC2)nc(C2C=CC=C3c4ccccc4OC32)n1. The molecule has 128 valence electrons. The van der Waals surface area contributed by atoms with Crippen molar-refractivity contribution in [2.45, 2.75) is 24.4 Å². The minimum absolute atomic E-state index is 0.0928. The highest BCUT2D eigenvalue weighted by atomic mass is 35.5. The maximum Gasteiger partial charge on any atom is 0.225 e. The molecule has 3 aliphatic rings. The van der Waals surface area contributed by atoms with Crippen molar-refractivity contribution in [1.29, 1.82) is 0 Å². The van der Waals surface area contributed by atoms with Crippen molar-refractivity contribution in [2.24, 2.45) is 0 Å². The Morgan fingerprint density at radius 1 is 0.962 bits per heavy atom. The lowest BCUT2D eigenvalue weighted by Crippen LogP contribution is -2.25. The number of rotatable bonds is 2. The molecule has 5 rings (SSSR count). The Labute approximate surface area is 156 Å². The maximum atomic E-state index is 6.24. The molecule has 0 bridgehead atoms. The number of halogens is 1. The summed E-state index contributed by atoms with van der Waals surface area (Å²) >= 11 is 6.24. The molecule has 0 saturated carbocycles. The van der Waals surface area contributed by atoms with Crippen molar-refractivity contribution in [2.75, 3.05) is 0 Å². The van der Waals surface area contributed by atoms with E-state index in [0.717, 1.165) is 23.3 Å². The topological polar surface area (TPSA) is 47.9 Å². The zero-order valence-corrected chi connectivity index (χ0v) is 14.7. The van der Waals surface area contributed by atoms with Crippen LogP contribution in [0.2, 0.25) is 5.28 Å². The van der Waals surface area contributed by atoms with Crippen molar-refractivity contribution in [3.05, 3.63) is 89.3 Å². The van der Waals surface area contributed by atoms with Gasteiger partial charge in [-0.3, -0.25) is 0 Å². The van der Waals surface area contributed by atoms with Gasteiger partial charge < -0.3 is 4.74 Å². The van der Waals surface area contributed by atoms with E-state index in [0.29, 0.717) is 11.6 Å². The fourth-order valence-corrected chi connectivity index (χ4v) is 3.86. The predicted molar refractivity (Wildman–Crippen MR) is 101 cm³/mol. The third-order valence-corrected chi connectivity index (χ3v) is 5.10. The molecule has 1 aromatic heterocycles. The van der Waals surface area contributed by atoms with Gasteiger partial charge in [0.1, 0.15) is 23.5 Å². The van der Waals surface area contributed by atoms with Gasteiger partial charge in [-0.15, -0.1) is 0 Å².